The third kappa shape index (κ3) is 4.78. The number of hydrogen-bond acceptors (Lipinski definition) is 7. The molecular formula is C22H26N6O2S. The lowest BCUT2D eigenvalue weighted by Crippen LogP contribution is -2.30. The largest absolute Gasteiger partial charge is 0.369 e. The summed E-state index contributed by atoms with van der Waals surface area (Å²) >= 11 is 0. The predicted molar refractivity (Wildman–Crippen MR) is 124 cm³/mol. The molecule has 9 heteroatoms. The molecule has 0 saturated heterocycles. The number of rotatable bonds is 7. The zero-order valence-electron chi connectivity index (χ0n) is 17.7. The van der Waals surface area contributed by atoms with E-state index in [1.165, 1.54) is 0 Å². The molecule has 8 nitrogen and oxygen atoms in total. The summed E-state index contributed by atoms with van der Waals surface area (Å²) in [7, 11) is -3.67. The maximum atomic E-state index is 12.8. The number of para-hydroxylation sites is 1. The first kappa shape index (κ1) is 21.1. The van der Waals surface area contributed by atoms with Crippen molar-refractivity contribution in [3.63, 3.8) is 0 Å². The monoisotopic (exact) mass is 438 g/mol. The molecule has 0 spiro atoms. The number of aromatic nitrogens is 2. The molecule has 2 aromatic carbocycles. The van der Waals surface area contributed by atoms with Crippen LogP contribution in [0.25, 0.3) is 0 Å². The average molecular weight is 439 g/mol. The summed E-state index contributed by atoms with van der Waals surface area (Å²) in [5.41, 5.74) is 3.43. The molecular weight excluding hydrogens is 412 g/mol. The normalized spacial score (nSPS) is 13.0. The van der Waals surface area contributed by atoms with Crippen LogP contribution in [-0.4, -0.2) is 31.0 Å². The maximum Gasteiger partial charge on any atom is 0.242 e. The molecule has 4 rings (SSSR count). The topological polar surface area (TPSA) is 108 Å². The van der Waals surface area contributed by atoms with Crippen molar-refractivity contribution < 1.29 is 8.42 Å². The van der Waals surface area contributed by atoms with E-state index < -0.39 is 10.0 Å². The minimum atomic E-state index is -3.67. The fourth-order valence-electron chi connectivity index (χ4n) is 3.40. The van der Waals surface area contributed by atoms with Crippen LogP contribution in [0.15, 0.2) is 53.4 Å². The molecule has 0 bridgehead atoms. The Morgan fingerprint density at radius 3 is 2.48 bits per heavy atom. The van der Waals surface area contributed by atoms with Gasteiger partial charge >= 0.3 is 0 Å². The molecule has 1 aromatic heterocycles. The van der Waals surface area contributed by atoms with Crippen LogP contribution in [0.2, 0.25) is 0 Å². The minimum absolute atomic E-state index is 0.176. The van der Waals surface area contributed by atoms with Gasteiger partial charge in [0.15, 0.2) is 0 Å². The number of hydrogen-bond donors (Lipinski definition) is 4. The Kier molecular flexibility index (Phi) is 5.79. The zero-order valence-corrected chi connectivity index (χ0v) is 18.5. The summed E-state index contributed by atoms with van der Waals surface area (Å²) in [4.78, 5) is 9.41. The highest BCUT2D eigenvalue weighted by Crippen LogP contribution is 2.32. The van der Waals surface area contributed by atoms with Crippen LogP contribution in [0.4, 0.5) is 29.0 Å². The standard InChI is InChI=1S/C22H26N6O2S/c1-14(2)28-31(29,30)19-7-5-4-6-18(19)25-21-17-12-13-23-20(17)26-22(27-21)24-16-10-8-15(3)9-11-16/h4-11,14,28H,12-13H2,1-3H3,(H3,23,24,25,26,27). The Morgan fingerprint density at radius 2 is 1.74 bits per heavy atom. The molecule has 31 heavy (non-hydrogen) atoms. The predicted octanol–water partition coefficient (Wildman–Crippen LogP) is 3.93. The van der Waals surface area contributed by atoms with Gasteiger partial charge in [-0.15, -0.1) is 0 Å². The van der Waals surface area contributed by atoms with Crippen LogP contribution < -0.4 is 20.7 Å². The minimum Gasteiger partial charge on any atom is -0.369 e. The van der Waals surface area contributed by atoms with Crippen molar-refractivity contribution in [1.82, 2.24) is 14.7 Å². The van der Waals surface area contributed by atoms with Gasteiger partial charge < -0.3 is 16.0 Å². The number of fused-ring (bicyclic) bond motifs is 1. The second-order valence-electron chi connectivity index (χ2n) is 7.79. The van der Waals surface area contributed by atoms with Crippen molar-refractivity contribution in [2.75, 3.05) is 22.5 Å². The Morgan fingerprint density at radius 1 is 1.00 bits per heavy atom. The van der Waals surface area contributed by atoms with Crippen LogP contribution in [0.5, 0.6) is 0 Å². The van der Waals surface area contributed by atoms with Gasteiger partial charge in [-0.3, -0.25) is 0 Å². The van der Waals surface area contributed by atoms with E-state index in [0.29, 0.717) is 17.5 Å². The Hall–Kier alpha value is -3.17. The number of anilines is 5. The number of sulfonamides is 1. The van der Waals surface area contributed by atoms with E-state index in [2.05, 4.69) is 30.6 Å². The Labute approximate surface area is 182 Å². The van der Waals surface area contributed by atoms with Gasteiger partial charge in [0.2, 0.25) is 16.0 Å². The fourth-order valence-corrected chi connectivity index (χ4v) is 4.82. The van der Waals surface area contributed by atoms with Gasteiger partial charge in [0.1, 0.15) is 16.5 Å². The van der Waals surface area contributed by atoms with Crippen molar-refractivity contribution in [2.24, 2.45) is 0 Å². The fraction of sp³-hybridized carbons (Fsp3) is 0.273. The zero-order chi connectivity index (χ0) is 22.0. The second-order valence-corrected chi connectivity index (χ2v) is 9.47. The summed E-state index contributed by atoms with van der Waals surface area (Å²) in [6.45, 7) is 6.36. The van der Waals surface area contributed by atoms with E-state index >= 15 is 0 Å². The van der Waals surface area contributed by atoms with E-state index in [-0.39, 0.29) is 10.9 Å². The van der Waals surface area contributed by atoms with E-state index in [1.54, 1.807) is 38.1 Å². The lowest BCUT2D eigenvalue weighted by molar-refractivity contribution is 0.570. The summed E-state index contributed by atoms with van der Waals surface area (Å²) in [5.74, 6) is 1.75. The molecule has 162 valence electrons. The van der Waals surface area contributed by atoms with Gasteiger partial charge in [-0.1, -0.05) is 29.8 Å². The molecule has 0 fully saturated rings. The van der Waals surface area contributed by atoms with Crippen molar-refractivity contribution in [3.05, 3.63) is 59.7 Å². The van der Waals surface area contributed by atoms with Gasteiger partial charge in [0.25, 0.3) is 0 Å². The first-order valence-electron chi connectivity index (χ1n) is 10.2. The van der Waals surface area contributed by atoms with Crippen LogP contribution in [0.3, 0.4) is 0 Å². The number of aryl methyl sites for hydroxylation is 1. The first-order chi connectivity index (χ1) is 14.8. The van der Waals surface area contributed by atoms with Crippen LogP contribution in [0.1, 0.15) is 25.0 Å². The molecule has 0 atom stereocenters. The summed E-state index contributed by atoms with van der Waals surface area (Å²) in [5, 5.41) is 9.73. The quantitative estimate of drug-likeness (QED) is 0.443. The third-order valence-corrected chi connectivity index (χ3v) is 6.52. The van der Waals surface area contributed by atoms with Gasteiger partial charge in [-0.05, 0) is 51.5 Å². The van der Waals surface area contributed by atoms with E-state index in [1.807, 2.05) is 31.2 Å². The molecule has 3 aromatic rings. The average Bonchev–Trinajstić information content (AvgIpc) is 3.18. The number of nitrogens with zero attached hydrogens (tertiary/aromatic N) is 2. The highest BCUT2D eigenvalue weighted by Gasteiger charge is 2.23. The van der Waals surface area contributed by atoms with Crippen LogP contribution in [-0.2, 0) is 16.4 Å². The Bertz CT molecular complexity index is 1190. The van der Waals surface area contributed by atoms with Crippen molar-refractivity contribution >= 4 is 39.0 Å². The van der Waals surface area contributed by atoms with Gasteiger partial charge in [-0.25, -0.2) is 13.1 Å². The molecule has 0 radical (unpaired) electrons. The van der Waals surface area contributed by atoms with E-state index in [0.717, 1.165) is 35.6 Å². The molecule has 1 aliphatic heterocycles. The molecule has 0 saturated carbocycles. The van der Waals surface area contributed by atoms with Crippen molar-refractivity contribution in [3.8, 4) is 0 Å². The highest BCUT2D eigenvalue weighted by atomic mass is 32.2. The van der Waals surface area contributed by atoms with Crippen molar-refractivity contribution in [1.29, 1.82) is 0 Å². The summed E-state index contributed by atoms with van der Waals surface area (Å²) in [6.07, 6.45) is 0.752. The molecule has 2 heterocycles. The second kappa shape index (κ2) is 8.52. The van der Waals surface area contributed by atoms with Gasteiger partial charge in [0.05, 0.1) is 5.69 Å². The number of nitrogens with one attached hydrogen (secondary N) is 4. The first-order valence-corrected chi connectivity index (χ1v) is 11.7. The van der Waals surface area contributed by atoms with Crippen LogP contribution >= 0.6 is 0 Å². The van der Waals surface area contributed by atoms with E-state index in [9.17, 15) is 8.42 Å². The van der Waals surface area contributed by atoms with Gasteiger partial charge in [0, 0.05) is 23.8 Å². The van der Waals surface area contributed by atoms with E-state index in [4.69, 9.17) is 0 Å². The maximum absolute atomic E-state index is 12.8. The lowest BCUT2D eigenvalue weighted by atomic mass is 10.2. The SMILES string of the molecule is Cc1ccc(Nc2nc3c(c(Nc4ccccc4S(=O)(=O)NC(C)C)n2)CCN3)cc1. The smallest absolute Gasteiger partial charge is 0.242 e. The molecule has 0 amide bonds. The molecule has 0 aliphatic carbocycles. The van der Waals surface area contributed by atoms with Crippen LogP contribution in [0, 0.1) is 6.92 Å². The summed E-state index contributed by atoms with van der Waals surface area (Å²) in [6, 6.07) is 14.6. The molecule has 4 N–H and O–H groups in total. The van der Waals surface area contributed by atoms with Crippen molar-refractivity contribution in [2.45, 2.75) is 38.1 Å². The Balaban J connectivity index is 1.69. The van der Waals surface area contributed by atoms with Gasteiger partial charge in [-0.2, -0.15) is 9.97 Å². The molecule has 0 unspecified atom stereocenters. The number of benzene rings is 2. The summed E-state index contributed by atoms with van der Waals surface area (Å²) < 4.78 is 28.3. The molecule has 1 aliphatic rings. The highest BCUT2D eigenvalue weighted by molar-refractivity contribution is 7.89. The lowest BCUT2D eigenvalue weighted by Gasteiger charge is -2.16. The third-order valence-electron chi connectivity index (χ3n) is 4.80.